The van der Waals surface area contributed by atoms with E-state index < -0.39 is 18.1 Å². The highest BCUT2D eigenvalue weighted by Gasteiger charge is 2.21. The lowest BCUT2D eigenvalue weighted by molar-refractivity contribution is -0.139. The molecule has 8 nitrogen and oxygen atoms in total. The quantitative estimate of drug-likeness (QED) is 0.174. The van der Waals surface area contributed by atoms with Crippen molar-refractivity contribution in [3.63, 3.8) is 0 Å². The van der Waals surface area contributed by atoms with Crippen LogP contribution < -0.4 is 16.8 Å². The van der Waals surface area contributed by atoms with Crippen LogP contribution in [0.3, 0.4) is 0 Å². The first-order valence-electron chi connectivity index (χ1n) is 6.87. The summed E-state index contributed by atoms with van der Waals surface area (Å²) in [6.45, 7) is 2.06. The molecule has 2 atom stereocenters. The number of rotatable bonds is 8. The van der Waals surface area contributed by atoms with Gasteiger partial charge in [0.05, 0.1) is 0 Å². The third kappa shape index (κ3) is 5.49. The van der Waals surface area contributed by atoms with Crippen LogP contribution in [0.15, 0.2) is 23.2 Å². The van der Waals surface area contributed by atoms with Crippen LogP contribution in [0.25, 0.3) is 0 Å². The molecule has 0 saturated carbocycles. The highest BCUT2D eigenvalue weighted by atomic mass is 16.4. The van der Waals surface area contributed by atoms with E-state index >= 15 is 0 Å². The highest BCUT2D eigenvalue weighted by Crippen LogP contribution is 2.28. The summed E-state index contributed by atoms with van der Waals surface area (Å²) < 4.78 is 0. The molecular formula is C14H22N4O4. The SMILES string of the molecule is CC(NC(CCCN=C(N)N)C(=O)O)c1cc(O)ccc1O. The number of phenols is 2. The Morgan fingerprint density at radius 2 is 2.05 bits per heavy atom. The zero-order chi connectivity index (χ0) is 16.7. The first kappa shape index (κ1) is 17.6. The Morgan fingerprint density at radius 3 is 2.64 bits per heavy atom. The third-order valence-electron chi connectivity index (χ3n) is 3.17. The number of aliphatic imine (C=N–C) groups is 1. The second kappa shape index (κ2) is 8.08. The zero-order valence-electron chi connectivity index (χ0n) is 12.4. The Morgan fingerprint density at radius 1 is 1.36 bits per heavy atom. The van der Waals surface area contributed by atoms with Gasteiger partial charge < -0.3 is 26.8 Å². The topological polar surface area (TPSA) is 154 Å². The number of aromatic hydroxyl groups is 2. The minimum Gasteiger partial charge on any atom is -0.508 e. The molecule has 0 aliphatic rings. The molecule has 22 heavy (non-hydrogen) atoms. The van der Waals surface area contributed by atoms with Crippen molar-refractivity contribution >= 4 is 11.9 Å². The normalized spacial score (nSPS) is 13.3. The number of carbonyl (C=O) groups is 1. The molecule has 0 saturated heterocycles. The van der Waals surface area contributed by atoms with Crippen molar-refractivity contribution < 1.29 is 20.1 Å². The maximum atomic E-state index is 11.3. The molecule has 2 unspecified atom stereocenters. The number of benzene rings is 1. The number of hydrogen-bond acceptors (Lipinski definition) is 5. The molecule has 0 aliphatic heterocycles. The molecule has 0 amide bonds. The standard InChI is InChI=1S/C14H22N4O4/c1-8(10-7-9(19)4-5-12(10)20)18-11(13(21)22)3-2-6-17-14(15)16/h4-5,7-8,11,18-20H,2-3,6H2,1H3,(H,21,22)(H4,15,16,17). The molecule has 0 aromatic heterocycles. The maximum Gasteiger partial charge on any atom is 0.320 e. The lowest BCUT2D eigenvalue weighted by Crippen LogP contribution is -2.38. The molecule has 1 aromatic carbocycles. The first-order chi connectivity index (χ1) is 10.3. The second-order valence-corrected chi connectivity index (χ2v) is 4.97. The van der Waals surface area contributed by atoms with Gasteiger partial charge in [0.15, 0.2) is 5.96 Å². The number of nitrogens with zero attached hydrogens (tertiary/aromatic N) is 1. The third-order valence-corrected chi connectivity index (χ3v) is 3.17. The van der Waals surface area contributed by atoms with Gasteiger partial charge in [0.25, 0.3) is 0 Å². The molecule has 1 aromatic rings. The molecule has 0 bridgehead atoms. The fraction of sp³-hybridized carbons (Fsp3) is 0.429. The van der Waals surface area contributed by atoms with Crippen molar-refractivity contribution in [1.82, 2.24) is 5.32 Å². The van der Waals surface area contributed by atoms with Crippen LogP contribution in [0.4, 0.5) is 0 Å². The number of aliphatic carboxylic acids is 1. The zero-order valence-corrected chi connectivity index (χ0v) is 12.4. The average Bonchev–Trinajstić information content (AvgIpc) is 2.44. The second-order valence-electron chi connectivity index (χ2n) is 4.97. The van der Waals surface area contributed by atoms with E-state index in [-0.39, 0.29) is 17.5 Å². The summed E-state index contributed by atoms with van der Waals surface area (Å²) in [5.74, 6) is -1.04. The van der Waals surface area contributed by atoms with Gasteiger partial charge in [0, 0.05) is 18.2 Å². The molecule has 0 radical (unpaired) electrons. The summed E-state index contributed by atoms with van der Waals surface area (Å²) in [5.41, 5.74) is 10.8. The van der Waals surface area contributed by atoms with Gasteiger partial charge in [-0.3, -0.25) is 15.1 Å². The molecule has 1 rings (SSSR count). The van der Waals surface area contributed by atoms with E-state index in [2.05, 4.69) is 10.3 Å². The van der Waals surface area contributed by atoms with E-state index in [1.165, 1.54) is 18.2 Å². The molecule has 0 spiro atoms. The largest absolute Gasteiger partial charge is 0.508 e. The van der Waals surface area contributed by atoms with Crippen molar-refractivity contribution in [3.8, 4) is 11.5 Å². The van der Waals surface area contributed by atoms with Crippen LogP contribution in [0.2, 0.25) is 0 Å². The number of phenolic OH excluding ortho intramolecular Hbond substituents is 2. The van der Waals surface area contributed by atoms with Gasteiger partial charge in [-0.2, -0.15) is 0 Å². The summed E-state index contributed by atoms with van der Waals surface area (Å²) >= 11 is 0. The van der Waals surface area contributed by atoms with Gasteiger partial charge in [0.1, 0.15) is 17.5 Å². The van der Waals surface area contributed by atoms with Gasteiger partial charge >= 0.3 is 5.97 Å². The maximum absolute atomic E-state index is 11.3. The predicted molar refractivity (Wildman–Crippen MR) is 82.7 cm³/mol. The van der Waals surface area contributed by atoms with E-state index in [1.54, 1.807) is 6.92 Å². The van der Waals surface area contributed by atoms with E-state index in [9.17, 15) is 20.1 Å². The molecule has 8 N–H and O–H groups in total. The van der Waals surface area contributed by atoms with Crippen LogP contribution in [0.5, 0.6) is 11.5 Å². The van der Waals surface area contributed by atoms with Gasteiger partial charge in [0.2, 0.25) is 0 Å². The lowest BCUT2D eigenvalue weighted by atomic mass is 10.0. The first-order valence-corrected chi connectivity index (χ1v) is 6.87. The molecule has 0 aliphatic carbocycles. The summed E-state index contributed by atoms with van der Waals surface area (Å²) in [6.07, 6.45) is 0.830. The van der Waals surface area contributed by atoms with Gasteiger partial charge in [-0.05, 0) is 38.0 Å². The number of carboxylic acid groups (broad SMARTS) is 1. The van der Waals surface area contributed by atoms with Gasteiger partial charge in [-0.25, -0.2) is 0 Å². The van der Waals surface area contributed by atoms with Crippen LogP contribution in [0.1, 0.15) is 31.4 Å². The summed E-state index contributed by atoms with van der Waals surface area (Å²) in [7, 11) is 0. The van der Waals surface area contributed by atoms with E-state index in [4.69, 9.17) is 11.5 Å². The minimum absolute atomic E-state index is 0.00100. The van der Waals surface area contributed by atoms with Crippen molar-refractivity contribution in [2.75, 3.05) is 6.54 Å². The fourth-order valence-electron chi connectivity index (χ4n) is 2.06. The highest BCUT2D eigenvalue weighted by molar-refractivity contribution is 5.75. The summed E-state index contributed by atoms with van der Waals surface area (Å²) in [4.78, 5) is 15.1. The van der Waals surface area contributed by atoms with E-state index in [0.29, 0.717) is 24.9 Å². The Hall–Kier alpha value is -2.48. The van der Waals surface area contributed by atoms with Crippen LogP contribution in [0, 0.1) is 0 Å². The Kier molecular flexibility index (Phi) is 6.46. The van der Waals surface area contributed by atoms with E-state index in [0.717, 1.165) is 0 Å². The minimum atomic E-state index is -1.00. The van der Waals surface area contributed by atoms with Gasteiger partial charge in [-0.15, -0.1) is 0 Å². The lowest BCUT2D eigenvalue weighted by Gasteiger charge is -2.21. The Bertz CT molecular complexity index is 544. The van der Waals surface area contributed by atoms with E-state index in [1.807, 2.05) is 0 Å². The van der Waals surface area contributed by atoms with Crippen molar-refractivity contribution in [2.45, 2.75) is 31.8 Å². The number of carboxylic acids is 1. The molecule has 0 fully saturated rings. The molecular weight excluding hydrogens is 288 g/mol. The van der Waals surface area contributed by atoms with Gasteiger partial charge in [-0.1, -0.05) is 0 Å². The van der Waals surface area contributed by atoms with Crippen LogP contribution >= 0.6 is 0 Å². The monoisotopic (exact) mass is 310 g/mol. The molecule has 0 heterocycles. The van der Waals surface area contributed by atoms with Crippen molar-refractivity contribution in [1.29, 1.82) is 0 Å². The number of nitrogens with one attached hydrogen (secondary N) is 1. The Balaban J connectivity index is 2.67. The molecule has 8 heteroatoms. The summed E-state index contributed by atoms with van der Waals surface area (Å²) in [6, 6.07) is 2.85. The van der Waals surface area contributed by atoms with Crippen LogP contribution in [-0.2, 0) is 4.79 Å². The smallest absolute Gasteiger partial charge is 0.320 e. The Labute approximate surface area is 128 Å². The predicted octanol–water partition coefficient (Wildman–Crippen LogP) is 0.255. The van der Waals surface area contributed by atoms with Crippen molar-refractivity contribution in [3.05, 3.63) is 23.8 Å². The number of hydrogen-bond donors (Lipinski definition) is 6. The summed E-state index contributed by atoms with van der Waals surface area (Å²) in [5, 5.41) is 31.4. The molecule has 122 valence electrons. The fourth-order valence-corrected chi connectivity index (χ4v) is 2.06. The van der Waals surface area contributed by atoms with Crippen LogP contribution in [-0.4, -0.2) is 39.8 Å². The average molecular weight is 310 g/mol. The number of guanidine groups is 1. The number of nitrogens with two attached hydrogens (primary N) is 2. The van der Waals surface area contributed by atoms with Crippen molar-refractivity contribution in [2.24, 2.45) is 16.5 Å².